The van der Waals surface area contributed by atoms with E-state index in [1.807, 2.05) is 0 Å². The number of nitrogens with zero attached hydrogens (tertiary/aromatic N) is 2. The molecule has 1 N–H and O–H groups in total. The van der Waals surface area contributed by atoms with E-state index in [-0.39, 0.29) is 11.3 Å². The van der Waals surface area contributed by atoms with Gasteiger partial charge in [-0.15, -0.1) is 0 Å². The number of fused-ring (bicyclic) bond motifs is 2. The van der Waals surface area contributed by atoms with Crippen molar-refractivity contribution in [2.75, 3.05) is 26.2 Å². The third kappa shape index (κ3) is 5.49. The molecule has 0 radical (unpaired) electrons. The van der Waals surface area contributed by atoms with Gasteiger partial charge in [-0.3, -0.25) is 9.69 Å². The van der Waals surface area contributed by atoms with Crippen LogP contribution in [0.3, 0.4) is 0 Å². The second kappa shape index (κ2) is 12.3. The number of rotatable bonds is 5. The van der Waals surface area contributed by atoms with Crippen LogP contribution in [0.25, 0.3) is 0 Å². The number of carbonyl (C=O) groups excluding carboxylic acids is 1. The average Bonchev–Trinajstić information content (AvgIpc) is 3.45. The summed E-state index contributed by atoms with van der Waals surface area (Å²) in [5.41, 5.74) is 5.31. The number of carbonyl (C=O) groups is 1. The van der Waals surface area contributed by atoms with Gasteiger partial charge in [-0.25, -0.2) is 0 Å². The van der Waals surface area contributed by atoms with E-state index in [0.29, 0.717) is 23.8 Å². The quantitative estimate of drug-likeness (QED) is 0.324. The molecule has 5 heteroatoms. The lowest BCUT2D eigenvalue weighted by molar-refractivity contribution is -0.143. The van der Waals surface area contributed by atoms with Crippen LogP contribution in [0.4, 0.5) is 0 Å². The van der Waals surface area contributed by atoms with Gasteiger partial charge in [0.05, 0.1) is 5.92 Å². The van der Waals surface area contributed by atoms with Gasteiger partial charge in [-0.1, -0.05) is 102 Å². The van der Waals surface area contributed by atoms with Gasteiger partial charge in [-0.05, 0) is 71.9 Å². The monoisotopic (exact) mass is 625 g/mol. The summed E-state index contributed by atoms with van der Waals surface area (Å²) in [6, 6.07) is 29.0. The summed E-state index contributed by atoms with van der Waals surface area (Å²) in [6.45, 7) is 5.24. The minimum atomic E-state index is -0.215. The molecule has 0 bridgehead atoms. The van der Waals surface area contributed by atoms with Gasteiger partial charge in [0.2, 0.25) is 5.91 Å². The second-order valence-electron chi connectivity index (χ2n) is 13.4. The lowest BCUT2D eigenvalue weighted by Crippen LogP contribution is -2.58. The fourth-order valence-corrected chi connectivity index (χ4v) is 9.32. The first-order valence-electron chi connectivity index (χ1n) is 16.2. The molecule has 0 unspecified atom stereocenters. The summed E-state index contributed by atoms with van der Waals surface area (Å²) in [5.74, 6) is 1.53. The van der Waals surface area contributed by atoms with E-state index >= 15 is 0 Å². The number of likely N-dealkylation sites (tertiary alicyclic amines) is 1. The zero-order valence-corrected chi connectivity index (χ0v) is 26.3. The molecule has 3 aromatic rings. The minimum Gasteiger partial charge on any atom is -0.339 e. The molecule has 0 aromatic heterocycles. The van der Waals surface area contributed by atoms with Crippen molar-refractivity contribution in [1.29, 1.82) is 0 Å². The van der Waals surface area contributed by atoms with Crippen molar-refractivity contribution in [3.63, 3.8) is 0 Å². The Bertz CT molecular complexity index is 1370. The number of hydrogen-bond donors (Lipinski definition) is 1. The molecule has 4 nitrogen and oxygen atoms in total. The van der Waals surface area contributed by atoms with Crippen molar-refractivity contribution < 1.29 is 4.79 Å². The fraction of sp³-hybridized carbons (Fsp3) is 0.486. The Morgan fingerprint density at radius 2 is 1.69 bits per heavy atom. The van der Waals surface area contributed by atoms with E-state index in [0.717, 1.165) is 56.6 Å². The lowest BCUT2D eigenvalue weighted by atomic mass is 9.67. The van der Waals surface area contributed by atoms with Gasteiger partial charge in [0.15, 0.2) is 0 Å². The van der Waals surface area contributed by atoms with Crippen LogP contribution in [0.5, 0.6) is 0 Å². The van der Waals surface area contributed by atoms with Crippen LogP contribution < -0.4 is 5.32 Å². The Labute approximate surface area is 260 Å². The number of amides is 1. The number of hydrogen-bond acceptors (Lipinski definition) is 3. The van der Waals surface area contributed by atoms with Gasteiger partial charge < -0.3 is 10.2 Å². The molecule has 2 saturated heterocycles. The third-order valence-corrected chi connectivity index (χ3v) is 11.4. The van der Waals surface area contributed by atoms with Crippen LogP contribution in [-0.4, -0.2) is 47.9 Å². The highest BCUT2D eigenvalue weighted by Gasteiger charge is 2.54. The topological polar surface area (TPSA) is 35.6 Å². The maximum atomic E-state index is 15.0. The summed E-state index contributed by atoms with van der Waals surface area (Å²) in [5, 5.41) is 3.74. The molecule has 4 atom stereocenters. The summed E-state index contributed by atoms with van der Waals surface area (Å²) in [6.07, 6.45) is 8.68. The van der Waals surface area contributed by atoms with E-state index in [1.54, 1.807) is 0 Å². The standard InChI is InChI=1S/C37H44BrN3O/c38-32-16-17-33-31(20-32)24-40(23-27-10-4-1-5-11-27)26-37(33)25-39-22-34(37)36(42)41-19-18-30(28-12-6-2-7-13-28)21-35(41)29-14-8-3-9-15-29/h1-2,4-7,10-13,16-17,20,29-30,34-35,39H,3,8-9,14-15,18-19,21-26H2/t30-,34+,35+,37-/m1/s1. The first-order valence-corrected chi connectivity index (χ1v) is 17.0. The molecular formula is C37H44BrN3O. The largest absolute Gasteiger partial charge is 0.339 e. The van der Waals surface area contributed by atoms with Gasteiger partial charge in [0, 0.05) is 55.2 Å². The molecule has 3 fully saturated rings. The molecule has 1 saturated carbocycles. The van der Waals surface area contributed by atoms with E-state index in [4.69, 9.17) is 0 Å². The third-order valence-electron chi connectivity index (χ3n) is 10.9. The summed E-state index contributed by atoms with van der Waals surface area (Å²) < 4.78 is 1.12. The first kappa shape index (κ1) is 28.3. The first-order chi connectivity index (χ1) is 20.6. The van der Waals surface area contributed by atoms with Crippen molar-refractivity contribution in [2.45, 2.75) is 75.4 Å². The molecule has 4 aliphatic rings. The van der Waals surface area contributed by atoms with E-state index in [9.17, 15) is 4.79 Å². The Hall–Kier alpha value is -2.47. The molecule has 1 spiro atoms. The maximum Gasteiger partial charge on any atom is 0.228 e. The van der Waals surface area contributed by atoms with Gasteiger partial charge in [0.25, 0.3) is 0 Å². The molecule has 3 aromatic carbocycles. The second-order valence-corrected chi connectivity index (χ2v) is 14.3. The van der Waals surface area contributed by atoms with Crippen LogP contribution >= 0.6 is 15.9 Å². The zero-order chi connectivity index (χ0) is 28.5. The zero-order valence-electron chi connectivity index (χ0n) is 24.7. The summed E-state index contributed by atoms with van der Waals surface area (Å²) in [4.78, 5) is 19.9. The van der Waals surface area contributed by atoms with E-state index in [2.05, 4.69) is 110 Å². The van der Waals surface area contributed by atoms with E-state index < -0.39 is 0 Å². The summed E-state index contributed by atoms with van der Waals surface area (Å²) in [7, 11) is 0. The summed E-state index contributed by atoms with van der Waals surface area (Å²) >= 11 is 3.75. The van der Waals surface area contributed by atoms with Crippen LogP contribution in [0.2, 0.25) is 0 Å². The molecule has 42 heavy (non-hydrogen) atoms. The average molecular weight is 627 g/mol. The van der Waals surface area contributed by atoms with Crippen molar-refractivity contribution in [3.05, 3.63) is 106 Å². The van der Waals surface area contributed by atoms with Crippen LogP contribution in [0.1, 0.15) is 73.1 Å². The predicted molar refractivity (Wildman–Crippen MR) is 173 cm³/mol. The number of nitrogens with one attached hydrogen (secondary N) is 1. The maximum absolute atomic E-state index is 15.0. The molecule has 220 valence electrons. The Morgan fingerprint density at radius 1 is 0.929 bits per heavy atom. The Kier molecular flexibility index (Phi) is 8.26. The van der Waals surface area contributed by atoms with Gasteiger partial charge >= 0.3 is 0 Å². The van der Waals surface area contributed by atoms with Gasteiger partial charge in [-0.2, -0.15) is 0 Å². The van der Waals surface area contributed by atoms with E-state index in [1.165, 1.54) is 54.4 Å². The van der Waals surface area contributed by atoms with Gasteiger partial charge in [0.1, 0.15) is 0 Å². The van der Waals surface area contributed by atoms with Crippen LogP contribution in [0, 0.1) is 11.8 Å². The molecular weight excluding hydrogens is 582 g/mol. The molecule has 1 amide bonds. The highest BCUT2D eigenvalue weighted by Crippen LogP contribution is 2.46. The molecule has 1 aliphatic carbocycles. The highest BCUT2D eigenvalue weighted by molar-refractivity contribution is 9.10. The Morgan fingerprint density at radius 3 is 2.48 bits per heavy atom. The number of halogens is 1. The lowest BCUT2D eigenvalue weighted by Gasteiger charge is -2.49. The number of piperidine rings is 1. The van der Waals surface area contributed by atoms with Crippen molar-refractivity contribution in [1.82, 2.24) is 15.1 Å². The number of benzene rings is 3. The fourth-order valence-electron chi connectivity index (χ4n) is 8.91. The predicted octanol–water partition coefficient (Wildman–Crippen LogP) is 7.28. The normalized spacial score (nSPS) is 28.6. The molecule has 7 rings (SSSR count). The molecule has 3 heterocycles. The van der Waals surface area contributed by atoms with Crippen molar-refractivity contribution in [2.24, 2.45) is 11.8 Å². The van der Waals surface area contributed by atoms with Crippen LogP contribution in [-0.2, 0) is 23.3 Å². The smallest absolute Gasteiger partial charge is 0.228 e. The SMILES string of the molecule is O=C([C@@H]1CNC[C@]12CN(Cc1ccccc1)Cc1cc(Br)ccc12)N1CC[C@@H](c2ccccc2)C[C@H]1C1CCCCC1. The van der Waals surface area contributed by atoms with Crippen molar-refractivity contribution in [3.8, 4) is 0 Å². The molecule has 3 aliphatic heterocycles. The van der Waals surface area contributed by atoms with Crippen LogP contribution in [0.15, 0.2) is 83.3 Å². The highest BCUT2D eigenvalue weighted by atomic mass is 79.9. The Balaban J connectivity index is 1.20. The van der Waals surface area contributed by atoms with Crippen molar-refractivity contribution >= 4 is 21.8 Å². The minimum absolute atomic E-state index is 0.0460.